The smallest absolute Gasteiger partial charge is 0.307 e. The summed E-state index contributed by atoms with van der Waals surface area (Å²) in [4.78, 5) is 10.8. The predicted molar refractivity (Wildman–Crippen MR) is 67.1 cm³/mol. The maximum absolute atomic E-state index is 10.8. The summed E-state index contributed by atoms with van der Waals surface area (Å²) >= 11 is 0. The van der Waals surface area contributed by atoms with Crippen molar-refractivity contribution in [2.75, 3.05) is 0 Å². The highest BCUT2D eigenvalue weighted by molar-refractivity contribution is 5.70. The minimum Gasteiger partial charge on any atom is -0.481 e. The zero-order valence-corrected chi connectivity index (χ0v) is 11.4. The van der Waals surface area contributed by atoms with Crippen LogP contribution in [0.5, 0.6) is 0 Å². The molecule has 1 heterocycles. The van der Waals surface area contributed by atoms with E-state index in [1.165, 1.54) is 0 Å². The molecular weight excluding hydrogens is 216 g/mol. The molecule has 1 N–H and O–H groups in total. The van der Waals surface area contributed by atoms with E-state index in [4.69, 9.17) is 5.11 Å². The number of aromatic nitrogens is 2. The van der Waals surface area contributed by atoms with Gasteiger partial charge in [-0.1, -0.05) is 20.8 Å². The van der Waals surface area contributed by atoms with Crippen molar-refractivity contribution in [2.45, 2.75) is 54.0 Å². The molecule has 0 aliphatic heterocycles. The highest BCUT2D eigenvalue weighted by Crippen LogP contribution is 2.21. The van der Waals surface area contributed by atoms with Crippen LogP contribution in [-0.2, 0) is 17.8 Å². The zero-order chi connectivity index (χ0) is 13.2. The highest BCUT2D eigenvalue weighted by Gasteiger charge is 2.16. The highest BCUT2D eigenvalue weighted by atomic mass is 16.4. The molecule has 1 aromatic heterocycles. The van der Waals surface area contributed by atoms with E-state index < -0.39 is 5.97 Å². The number of carbonyl (C=O) groups is 1. The second-order valence-electron chi connectivity index (χ2n) is 5.75. The third-order valence-corrected chi connectivity index (χ3v) is 2.93. The largest absolute Gasteiger partial charge is 0.481 e. The molecular formula is C13H22N2O2. The molecule has 96 valence electrons. The SMILES string of the molecule is Cc1nn(CCC(C)(C)C)c(C)c1CC(=O)O. The Hall–Kier alpha value is -1.32. The van der Waals surface area contributed by atoms with Gasteiger partial charge in [-0.3, -0.25) is 9.48 Å². The summed E-state index contributed by atoms with van der Waals surface area (Å²) in [5.74, 6) is -0.799. The van der Waals surface area contributed by atoms with E-state index in [2.05, 4.69) is 25.9 Å². The fourth-order valence-electron chi connectivity index (χ4n) is 1.80. The van der Waals surface area contributed by atoms with Crippen LogP contribution in [0.1, 0.15) is 44.1 Å². The lowest BCUT2D eigenvalue weighted by molar-refractivity contribution is -0.136. The predicted octanol–water partition coefficient (Wildman–Crippen LogP) is 2.56. The Kier molecular flexibility index (Phi) is 3.96. The van der Waals surface area contributed by atoms with Crippen LogP contribution in [0, 0.1) is 19.3 Å². The second kappa shape index (κ2) is 4.90. The Labute approximate surface area is 103 Å². The average molecular weight is 238 g/mol. The fourth-order valence-corrected chi connectivity index (χ4v) is 1.80. The Balaban J connectivity index is 2.85. The number of aliphatic carboxylic acids is 1. The van der Waals surface area contributed by atoms with E-state index >= 15 is 0 Å². The van der Waals surface area contributed by atoms with Gasteiger partial charge in [0.1, 0.15) is 0 Å². The summed E-state index contributed by atoms with van der Waals surface area (Å²) in [6.45, 7) is 11.2. The number of carboxylic acids is 1. The van der Waals surface area contributed by atoms with Crippen LogP contribution >= 0.6 is 0 Å². The van der Waals surface area contributed by atoms with Gasteiger partial charge in [0.15, 0.2) is 0 Å². The van der Waals surface area contributed by atoms with Crippen LogP contribution in [0.4, 0.5) is 0 Å². The van der Waals surface area contributed by atoms with Crippen LogP contribution in [0.2, 0.25) is 0 Å². The molecule has 0 bridgehead atoms. The van der Waals surface area contributed by atoms with E-state index in [0.29, 0.717) is 0 Å². The number of hydrogen-bond acceptors (Lipinski definition) is 2. The minimum atomic E-state index is -0.799. The summed E-state index contributed by atoms with van der Waals surface area (Å²) in [6.07, 6.45) is 1.09. The molecule has 4 heteroatoms. The number of rotatable bonds is 4. The molecule has 0 aromatic carbocycles. The first-order valence-electron chi connectivity index (χ1n) is 5.95. The van der Waals surface area contributed by atoms with Gasteiger partial charge in [0.05, 0.1) is 12.1 Å². The molecule has 0 saturated carbocycles. The van der Waals surface area contributed by atoms with E-state index in [0.717, 1.165) is 29.9 Å². The van der Waals surface area contributed by atoms with Gasteiger partial charge in [0.2, 0.25) is 0 Å². The molecule has 1 aromatic rings. The standard InChI is InChI=1S/C13H22N2O2/c1-9-11(8-12(16)17)10(2)15(14-9)7-6-13(3,4)5/h6-8H2,1-5H3,(H,16,17). The van der Waals surface area contributed by atoms with Gasteiger partial charge in [-0.15, -0.1) is 0 Å². The van der Waals surface area contributed by atoms with Crippen molar-refractivity contribution >= 4 is 5.97 Å². The number of carboxylic acid groups (broad SMARTS) is 1. The van der Waals surface area contributed by atoms with Gasteiger partial charge in [-0.05, 0) is 25.7 Å². The Bertz CT molecular complexity index is 414. The Morgan fingerprint density at radius 3 is 2.41 bits per heavy atom. The lowest BCUT2D eigenvalue weighted by Gasteiger charge is -2.18. The topological polar surface area (TPSA) is 55.1 Å². The molecule has 1 rings (SSSR count). The van der Waals surface area contributed by atoms with E-state index in [1.807, 2.05) is 18.5 Å². The summed E-state index contributed by atoms with van der Waals surface area (Å²) in [5.41, 5.74) is 2.93. The Morgan fingerprint density at radius 2 is 1.94 bits per heavy atom. The van der Waals surface area contributed by atoms with E-state index in [-0.39, 0.29) is 11.8 Å². The summed E-state index contributed by atoms with van der Waals surface area (Å²) in [7, 11) is 0. The number of hydrogen-bond donors (Lipinski definition) is 1. The molecule has 0 aliphatic carbocycles. The van der Waals surface area contributed by atoms with Crippen molar-refractivity contribution in [2.24, 2.45) is 5.41 Å². The third-order valence-electron chi connectivity index (χ3n) is 2.93. The quantitative estimate of drug-likeness (QED) is 0.877. The van der Waals surface area contributed by atoms with Crippen LogP contribution in [0.3, 0.4) is 0 Å². The van der Waals surface area contributed by atoms with Gasteiger partial charge < -0.3 is 5.11 Å². The van der Waals surface area contributed by atoms with Crippen LogP contribution < -0.4 is 0 Å². The summed E-state index contributed by atoms with van der Waals surface area (Å²) in [6, 6.07) is 0. The van der Waals surface area contributed by atoms with Crippen molar-refractivity contribution in [3.63, 3.8) is 0 Å². The molecule has 0 spiro atoms. The molecule has 0 amide bonds. The lowest BCUT2D eigenvalue weighted by Crippen LogP contribution is -2.12. The molecule has 0 saturated heterocycles. The summed E-state index contributed by atoms with van der Waals surface area (Å²) in [5, 5.41) is 13.3. The molecule has 0 unspecified atom stereocenters. The number of nitrogens with zero attached hydrogens (tertiary/aromatic N) is 2. The van der Waals surface area contributed by atoms with Gasteiger partial charge in [0.25, 0.3) is 0 Å². The summed E-state index contributed by atoms with van der Waals surface area (Å²) < 4.78 is 1.93. The first kappa shape index (κ1) is 13.7. The second-order valence-corrected chi connectivity index (χ2v) is 5.75. The molecule has 0 aliphatic rings. The number of aryl methyl sites for hydroxylation is 2. The van der Waals surface area contributed by atoms with Gasteiger partial charge in [0, 0.05) is 17.8 Å². The van der Waals surface area contributed by atoms with E-state index in [1.54, 1.807) is 0 Å². The average Bonchev–Trinajstić information content (AvgIpc) is 2.41. The van der Waals surface area contributed by atoms with Gasteiger partial charge in [-0.25, -0.2) is 0 Å². The normalized spacial score (nSPS) is 11.8. The maximum atomic E-state index is 10.8. The monoisotopic (exact) mass is 238 g/mol. The molecule has 4 nitrogen and oxygen atoms in total. The van der Waals surface area contributed by atoms with Crippen LogP contribution in [0.15, 0.2) is 0 Å². The van der Waals surface area contributed by atoms with Gasteiger partial charge in [-0.2, -0.15) is 5.10 Å². The van der Waals surface area contributed by atoms with Gasteiger partial charge >= 0.3 is 5.97 Å². The first-order chi connectivity index (χ1) is 7.70. The van der Waals surface area contributed by atoms with E-state index in [9.17, 15) is 4.79 Å². The van der Waals surface area contributed by atoms with Crippen LogP contribution in [0.25, 0.3) is 0 Å². The lowest BCUT2D eigenvalue weighted by atomic mass is 9.92. The zero-order valence-electron chi connectivity index (χ0n) is 11.4. The van der Waals surface area contributed by atoms with Crippen molar-refractivity contribution in [3.8, 4) is 0 Å². The third kappa shape index (κ3) is 3.88. The van der Waals surface area contributed by atoms with Crippen molar-refractivity contribution in [3.05, 3.63) is 17.0 Å². The van der Waals surface area contributed by atoms with Crippen molar-refractivity contribution < 1.29 is 9.90 Å². The van der Waals surface area contributed by atoms with Crippen LogP contribution in [-0.4, -0.2) is 20.9 Å². The molecule has 0 radical (unpaired) electrons. The van der Waals surface area contributed by atoms with Crippen molar-refractivity contribution in [1.82, 2.24) is 9.78 Å². The minimum absolute atomic E-state index is 0.0627. The molecule has 0 atom stereocenters. The van der Waals surface area contributed by atoms with Crippen molar-refractivity contribution in [1.29, 1.82) is 0 Å². The maximum Gasteiger partial charge on any atom is 0.307 e. The first-order valence-corrected chi connectivity index (χ1v) is 5.95. The molecule has 17 heavy (non-hydrogen) atoms. The fraction of sp³-hybridized carbons (Fsp3) is 0.692. The molecule has 0 fully saturated rings. The Morgan fingerprint density at radius 1 is 1.35 bits per heavy atom.